The zero-order valence-corrected chi connectivity index (χ0v) is 20.5. The number of nitrogen functional groups attached to an aromatic ring is 1. The van der Waals surface area contributed by atoms with E-state index in [1.165, 1.54) is 17.8 Å². The van der Waals surface area contributed by atoms with Gasteiger partial charge in [-0.15, -0.1) is 0 Å². The van der Waals surface area contributed by atoms with E-state index in [1.807, 2.05) is 11.5 Å². The smallest absolute Gasteiger partial charge is 0.320 e. The van der Waals surface area contributed by atoms with Crippen LogP contribution < -0.4 is 10.5 Å². The first-order valence-corrected chi connectivity index (χ1v) is 12.2. The average molecular weight is 492 g/mol. The monoisotopic (exact) mass is 491 g/mol. The van der Waals surface area contributed by atoms with Crippen LogP contribution in [0.3, 0.4) is 0 Å². The van der Waals surface area contributed by atoms with Gasteiger partial charge in [-0.3, -0.25) is 9.89 Å². The van der Waals surface area contributed by atoms with Gasteiger partial charge in [0, 0.05) is 25.3 Å². The number of fused-ring (bicyclic) bond motifs is 3. The minimum Gasteiger partial charge on any atom is -0.464 e. The van der Waals surface area contributed by atoms with Gasteiger partial charge in [-0.2, -0.15) is 9.97 Å². The standard InChI is InChI=1S/C26H30FN7O2/c1-3-19(27)12-29-10-9-22-30-23-24(28)31-26(35-4-2)32-25(23)34(22)14-18-7-5-17(6-8-18)13-33-15-21-11-20(33)16-36-21/h3,5-10,12,20-21H,4,11,13-16H2,1-2H3,(H2,28,31,32)/b10-9+,19-3+,29-12+/t20-,21-/m0/s1. The maximum Gasteiger partial charge on any atom is 0.320 e. The van der Waals surface area contributed by atoms with Crippen molar-refractivity contribution in [1.82, 2.24) is 24.4 Å². The summed E-state index contributed by atoms with van der Waals surface area (Å²) in [6.45, 7) is 7.17. The number of allylic oxidation sites excluding steroid dienone is 2. The Morgan fingerprint density at radius 3 is 2.67 bits per heavy atom. The zero-order valence-electron chi connectivity index (χ0n) is 20.5. The Morgan fingerprint density at radius 2 is 2.00 bits per heavy atom. The molecule has 0 unspecified atom stereocenters. The molecule has 3 aromatic rings. The van der Waals surface area contributed by atoms with Crippen molar-refractivity contribution >= 4 is 29.3 Å². The number of aromatic nitrogens is 4. The van der Waals surface area contributed by atoms with E-state index in [9.17, 15) is 4.39 Å². The third-order valence-corrected chi connectivity index (χ3v) is 6.45. The zero-order chi connectivity index (χ0) is 25.1. The lowest BCUT2D eigenvalue weighted by atomic mass is 10.1. The van der Waals surface area contributed by atoms with Crippen LogP contribution >= 0.6 is 0 Å². The number of hydrogen-bond donors (Lipinski definition) is 1. The highest BCUT2D eigenvalue weighted by molar-refractivity contribution is 5.84. The van der Waals surface area contributed by atoms with Crippen molar-refractivity contribution in [2.45, 2.75) is 45.5 Å². The Labute approximate surface area is 209 Å². The van der Waals surface area contributed by atoms with Crippen LogP contribution in [0, 0.1) is 0 Å². The number of nitrogens with zero attached hydrogens (tertiary/aromatic N) is 6. The third-order valence-electron chi connectivity index (χ3n) is 6.45. The molecule has 2 aromatic heterocycles. The summed E-state index contributed by atoms with van der Waals surface area (Å²) in [5, 5.41) is 0. The molecule has 1 aromatic carbocycles. The van der Waals surface area contributed by atoms with E-state index >= 15 is 0 Å². The van der Waals surface area contributed by atoms with Gasteiger partial charge in [-0.05, 0) is 37.5 Å². The van der Waals surface area contributed by atoms with Crippen molar-refractivity contribution < 1.29 is 13.9 Å². The molecule has 2 aliphatic rings. The highest BCUT2D eigenvalue weighted by Crippen LogP contribution is 2.29. The van der Waals surface area contributed by atoms with Crippen LogP contribution in [0.4, 0.5) is 10.2 Å². The van der Waals surface area contributed by atoms with Crippen LogP contribution in [0.5, 0.6) is 6.01 Å². The molecule has 0 saturated carbocycles. The lowest BCUT2D eigenvalue weighted by molar-refractivity contribution is 0.0273. The van der Waals surface area contributed by atoms with Gasteiger partial charge in [-0.25, -0.2) is 9.37 Å². The molecule has 5 rings (SSSR count). The van der Waals surface area contributed by atoms with Crippen molar-refractivity contribution in [3.05, 3.63) is 59.3 Å². The SMILES string of the molecule is C\C=C(F)/C=N/C=C/c1nc2c(N)nc(OCC)nc2n1Cc1ccc(CN2C[C@@H]3C[C@H]2CO3)cc1. The molecule has 2 atom stereocenters. The Kier molecular flexibility index (Phi) is 7.06. The summed E-state index contributed by atoms with van der Waals surface area (Å²) < 4.78 is 26.5. The van der Waals surface area contributed by atoms with E-state index < -0.39 is 5.83 Å². The molecule has 2 saturated heterocycles. The molecular formula is C26H30FN7O2. The Balaban J connectivity index is 1.41. The van der Waals surface area contributed by atoms with Crippen molar-refractivity contribution in [2.24, 2.45) is 4.99 Å². The lowest BCUT2D eigenvalue weighted by Gasteiger charge is -2.26. The predicted molar refractivity (Wildman–Crippen MR) is 137 cm³/mol. The summed E-state index contributed by atoms with van der Waals surface area (Å²) in [6.07, 6.45) is 7.20. The highest BCUT2D eigenvalue weighted by atomic mass is 19.1. The Hall–Kier alpha value is -3.63. The van der Waals surface area contributed by atoms with E-state index in [-0.39, 0.29) is 11.8 Å². The van der Waals surface area contributed by atoms with E-state index in [4.69, 9.17) is 15.2 Å². The van der Waals surface area contributed by atoms with Gasteiger partial charge < -0.3 is 19.8 Å². The summed E-state index contributed by atoms with van der Waals surface area (Å²) in [6, 6.07) is 9.30. The van der Waals surface area contributed by atoms with Crippen LogP contribution in [0.1, 0.15) is 37.2 Å². The molecule has 36 heavy (non-hydrogen) atoms. The fourth-order valence-corrected chi connectivity index (χ4v) is 4.63. The number of imidazole rings is 1. The first-order valence-electron chi connectivity index (χ1n) is 12.2. The van der Waals surface area contributed by atoms with Gasteiger partial charge in [0.2, 0.25) is 0 Å². The van der Waals surface area contributed by atoms with Crippen molar-refractivity contribution in [3.63, 3.8) is 0 Å². The molecule has 0 radical (unpaired) electrons. The maximum absolute atomic E-state index is 13.4. The Morgan fingerprint density at radius 1 is 1.22 bits per heavy atom. The summed E-state index contributed by atoms with van der Waals surface area (Å²) >= 11 is 0. The van der Waals surface area contributed by atoms with E-state index in [0.29, 0.717) is 42.3 Å². The normalized spacial score (nSPS) is 20.5. The summed E-state index contributed by atoms with van der Waals surface area (Å²) in [5.74, 6) is 0.397. The summed E-state index contributed by atoms with van der Waals surface area (Å²) in [5.41, 5.74) is 9.56. The Bertz CT molecular complexity index is 1320. The lowest BCUT2D eigenvalue weighted by Crippen LogP contribution is -2.36. The summed E-state index contributed by atoms with van der Waals surface area (Å²) in [4.78, 5) is 19.9. The second-order valence-corrected chi connectivity index (χ2v) is 8.91. The van der Waals surface area contributed by atoms with E-state index in [2.05, 4.69) is 49.1 Å². The molecule has 0 spiro atoms. The van der Waals surface area contributed by atoms with Crippen LogP contribution in [-0.2, 0) is 17.8 Å². The van der Waals surface area contributed by atoms with Gasteiger partial charge >= 0.3 is 6.01 Å². The second kappa shape index (κ2) is 10.5. The predicted octanol–water partition coefficient (Wildman–Crippen LogP) is 3.74. The van der Waals surface area contributed by atoms with Crippen LogP contribution in [0.2, 0.25) is 0 Å². The molecule has 4 heterocycles. The van der Waals surface area contributed by atoms with E-state index in [0.717, 1.165) is 37.9 Å². The molecule has 188 valence electrons. The number of hydrogen-bond acceptors (Lipinski definition) is 8. The second-order valence-electron chi connectivity index (χ2n) is 8.91. The number of likely N-dealkylation sites (tertiary alicyclic amines) is 1. The number of nitrogens with two attached hydrogens (primary N) is 1. The fourth-order valence-electron chi connectivity index (χ4n) is 4.63. The third kappa shape index (κ3) is 5.14. The van der Waals surface area contributed by atoms with Gasteiger partial charge in [0.05, 0.1) is 32.1 Å². The van der Waals surface area contributed by atoms with Crippen molar-refractivity contribution in [2.75, 3.05) is 25.5 Å². The average Bonchev–Trinajstić information content (AvgIpc) is 3.59. The van der Waals surface area contributed by atoms with Gasteiger partial charge in [0.25, 0.3) is 0 Å². The van der Waals surface area contributed by atoms with Crippen LogP contribution in [0.25, 0.3) is 17.2 Å². The van der Waals surface area contributed by atoms with Crippen molar-refractivity contribution in [1.29, 1.82) is 0 Å². The van der Waals surface area contributed by atoms with Gasteiger partial charge in [0.1, 0.15) is 11.7 Å². The van der Waals surface area contributed by atoms with E-state index in [1.54, 1.807) is 13.0 Å². The molecule has 2 N–H and O–H groups in total. The molecule has 0 aliphatic carbocycles. The number of ether oxygens (including phenoxy) is 2. The number of benzene rings is 1. The highest BCUT2D eigenvalue weighted by Gasteiger charge is 2.38. The number of morpholine rings is 1. The topological polar surface area (TPSA) is 104 Å². The quantitative estimate of drug-likeness (QED) is 0.455. The number of aliphatic imine (C=N–C) groups is 1. The number of halogens is 1. The minimum absolute atomic E-state index is 0.201. The number of rotatable bonds is 9. The van der Waals surface area contributed by atoms with Crippen LogP contribution in [0.15, 0.2) is 47.4 Å². The molecule has 9 nitrogen and oxygen atoms in total. The molecule has 2 bridgehead atoms. The van der Waals surface area contributed by atoms with Gasteiger partial charge in [0.15, 0.2) is 17.0 Å². The molecular weight excluding hydrogens is 461 g/mol. The number of anilines is 1. The first kappa shape index (κ1) is 24.1. The van der Waals surface area contributed by atoms with Gasteiger partial charge in [-0.1, -0.05) is 30.3 Å². The minimum atomic E-state index is -0.418. The molecule has 2 aliphatic heterocycles. The maximum atomic E-state index is 13.4. The first-order chi connectivity index (χ1) is 17.5. The molecule has 10 heteroatoms. The molecule has 0 amide bonds. The van der Waals surface area contributed by atoms with Crippen LogP contribution in [-0.4, -0.2) is 62.5 Å². The fraction of sp³-hybridized carbons (Fsp3) is 0.385. The largest absolute Gasteiger partial charge is 0.464 e. The van der Waals surface area contributed by atoms with Crippen molar-refractivity contribution in [3.8, 4) is 6.01 Å². The summed E-state index contributed by atoms with van der Waals surface area (Å²) in [7, 11) is 0. The molecule has 2 fully saturated rings.